The van der Waals surface area contributed by atoms with Crippen molar-refractivity contribution in [2.45, 2.75) is 36.8 Å². The zero-order valence-corrected chi connectivity index (χ0v) is 19.5. The van der Waals surface area contributed by atoms with Crippen molar-refractivity contribution in [2.24, 2.45) is 0 Å². The van der Waals surface area contributed by atoms with E-state index in [1.54, 1.807) is 18.2 Å². The van der Waals surface area contributed by atoms with E-state index in [1.165, 1.54) is 41.2 Å². The molecule has 0 aliphatic heterocycles. The lowest BCUT2D eigenvalue weighted by Crippen LogP contribution is -2.46. The van der Waals surface area contributed by atoms with Gasteiger partial charge < -0.3 is 10.0 Å². The summed E-state index contributed by atoms with van der Waals surface area (Å²) >= 11 is 6.88. The van der Waals surface area contributed by atoms with Crippen molar-refractivity contribution in [2.75, 3.05) is 6.54 Å². The molecular weight excluding hydrogens is 484 g/mol. The Hall–Kier alpha value is -2.96. The minimum Gasteiger partial charge on any atom is -0.381 e. The van der Waals surface area contributed by atoms with Crippen molar-refractivity contribution in [1.29, 1.82) is 0 Å². The highest BCUT2D eigenvalue weighted by molar-refractivity contribution is 8.22. The number of nitrogens with zero attached hydrogens (tertiary/aromatic N) is 5. The average molecular weight is 506 g/mol. The molecule has 0 saturated heterocycles. The van der Waals surface area contributed by atoms with E-state index in [-0.39, 0.29) is 36.1 Å². The summed E-state index contributed by atoms with van der Waals surface area (Å²) in [5, 5.41) is 27.0. The topological polar surface area (TPSA) is 97.3 Å². The normalized spacial score (nSPS) is 15.0. The molecule has 34 heavy (non-hydrogen) atoms. The SMILES string of the molecule is O=[N+]([O-])c1ccccc1CSC(=S)N(CC(O)(Cn1cncn1)c1ccc(F)cc1F)C1CC1. The summed E-state index contributed by atoms with van der Waals surface area (Å²) in [6, 6.07) is 9.52. The predicted molar refractivity (Wildman–Crippen MR) is 127 cm³/mol. The van der Waals surface area contributed by atoms with Gasteiger partial charge >= 0.3 is 0 Å². The number of hydrogen-bond acceptors (Lipinski definition) is 7. The second-order valence-electron chi connectivity index (χ2n) is 8.05. The van der Waals surface area contributed by atoms with Crippen LogP contribution in [0.5, 0.6) is 0 Å². The van der Waals surface area contributed by atoms with Crippen LogP contribution in [0.3, 0.4) is 0 Å². The first-order chi connectivity index (χ1) is 16.3. The van der Waals surface area contributed by atoms with E-state index in [0.29, 0.717) is 9.88 Å². The monoisotopic (exact) mass is 505 g/mol. The minimum absolute atomic E-state index is 0.00634. The van der Waals surface area contributed by atoms with Crippen molar-refractivity contribution >= 4 is 34.0 Å². The smallest absolute Gasteiger partial charge is 0.273 e. The van der Waals surface area contributed by atoms with E-state index in [1.807, 2.05) is 4.90 Å². The Kier molecular flexibility index (Phi) is 7.19. The van der Waals surface area contributed by atoms with Gasteiger partial charge in [-0.05, 0) is 18.9 Å². The Bertz CT molecular complexity index is 1190. The van der Waals surface area contributed by atoms with Crippen LogP contribution in [0, 0.1) is 21.7 Å². The summed E-state index contributed by atoms with van der Waals surface area (Å²) in [7, 11) is 0. The fraction of sp³-hybridized carbons (Fsp3) is 0.318. The van der Waals surface area contributed by atoms with Crippen LogP contribution < -0.4 is 0 Å². The summed E-state index contributed by atoms with van der Waals surface area (Å²) in [5.74, 6) is -1.36. The Labute approximate surface area is 203 Å². The number of nitro benzene ring substituents is 1. The second kappa shape index (κ2) is 10.1. The van der Waals surface area contributed by atoms with Crippen LogP contribution in [0.1, 0.15) is 24.0 Å². The Balaban J connectivity index is 1.58. The summed E-state index contributed by atoms with van der Waals surface area (Å²) in [6.45, 7) is -0.195. The average Bonchev–Trinajstić information content (AvgIpc) is 3.52. The van der Waals surface area contributed by atoms with Crippen LogP contribution in [0.4, 0.5) is 14.5 Å². The van der Waals surface area contributed by atoms with Crippen LogP contribution in [-0.2, 0) is 17.9 Å². The second-order valence-corrected chi connectivity index (χ2v) is 9.66. The molecule has 1 unspecified atom stereocenters. The molecule has 12 heteroatoms. The van der Waals surface area contributed by atoms with Gasteiger partial charge in [-0.2, -0.15) is 5.10 Å². The molecule has 1 N–H and O–H groups in total. The number of rotatable bonds is 9. The van der Waals surface area contributed by atoms with E-state index >= 15 is 0 Å². The van der Waals surface area contributed by atoms with Crippen molar-refractivity contribution in [3.63, 3.8) is 0 Å². The molecule has 1 aliphatic rings. The maximum atomic E-state index is 14.8. The maximum absolute atomic E-state index is 14.8. The molecule has 8 nitrogen and oxygen atoms in total. The van der Waals surface area contributed by atoms with E-state index in [9.17, 15) is 24.0 Å². The first kappa shape index (κ1) is 24.2. The summed E-state index contributed by atoms with van der Waals surface area (Å²) in [6.07, 6.45) is 4.39. The molecule has 1 fully saturated rings. The van der Waals surface area contributed by atoms with Crippen molar-refractivity contribution in [1.82, 2.24) is 19.7 Å². The summed E-state index contributed by atoms with van der Waals surface area (Å²) in [5.41, 5.74) is -1.34. The summed E-state index contributed by atoms with van der Waals surface area (Å²) < 4.78 is 30.1. The van der Waals surface area contributed by atoms with Gasteiger partial charge in [0.05, 0.1) is 18.0 Å². The van der Waals surface area contributed by atoms with E-state index in [4.69, 9.17) is 12.2 Å². The standard InChI is InChI=1S/C22H21F2N5O3S2/c23-16-5-8-18(19(24)9-16)22(30,11-27-14-25-13-26-27)12-28(17-6-7-17)21(33)34-10-15-3-1-2-4-20(15)29(31)32/h1-5,8-9,13-14,17,30H,6-7,10-12H2. The molecule has 1 aromatic heterocycles. The van der Waals surface area contributed by atoms with Gasteiger partial charge in [-0.1, -0.05) is 48.2 Å². The fourth-order valence-corrected chi connectivity index (χ4v) is 5.01. The fourth-order valence-electron chi connectivity index (χ4n) is 3.71. The van der Waals surface area contributed by atoms with Gasteiger partial charge in [-0.15, -0.1) is 0 Å². The van der Waals surface area contributed by atoms with Gasteiger partial charge in [0.1, 0.15) is 34.2 Å². The first-order valence-electron chi connectivity index (χ1n) is 10.4. The third-order valence-electron chi connectivity index (χ3n) is 5.52. The van der Waals surface area contributed by atoms with Crippen molar-refractivity contribution in [3.05, 3.63) is 88.0 Å². The highest BCUT2D eigenvalue weighted by Crippen LogP contribution is 2.36. The lowest BCUT2D eigenvalue weighted by atomic mass is 9.92. The van der Waals surface area contributed by atoms with Gasteiger partial charge in [-0.25, -0.2) is 18.4 Å². The molecule has 4 rings (SSSR count). The molecule has 3 aromatic rings. The molecule has 0 spiro atoms. The number of benzene rings is 2. The van der Waals surface area contributed by atoms with Gasteiger partial charge in [0.15, 0.2) is 0 Å². The molecule has 1 saturated carbocycles. The van der Waals surface area contributed by atoms with Crippen LogP contribution >= 0.6 is 24.0 Å². The third-order valence-corrected chi connectivity index (χ3v) is 7.04. The third kappa shape index (κ3) is 5.57. The molecule has 1 aliphatic carbocycles. The Morgan fingerprint density at radius 1 is 1.32 bits per heavy atom. The molecule has 0 bridgehead atoms. The van der Waals surface area contributed by atoms with Crippen molar-refractivity contribution in [3.8, 4) is 0 Å². The molecule has 0 radical (unpaired) electrons. The van der Waals surface area contributed by atoms with E-state index < -0.39 is 22.2 Å². The number of aliphatic hydroxyl groups is 1. The highest BCUT2D eigenvalue weighted by atomic mass is 32.2. The minimum atomic E-state index is -1.79. The molecule has 178 valence electrons. The predicted octanol–water partition coefficient (Wildman–Crippen LogP) is 4.04. The van der Waals surface area contributed by atoms with Crippen LogP contribution in [0.25, 0.3) is 0 Å². The van der Waals surface area contributed by atoms with Crippen molar-refractivity contribution < 1.29 is 18.8 Å². The van der Waals surface area contributed by atoms with Crippen LogP contribution in [0.2, 0.25) is 0 Å². The van der Waals surface area contributed by atoms with E-state index in [0.717, 1.165) is 25.0 Å². The Morgan fingerprint density at radius 2 is 2.09 bits per heavy atom. The number of hydrogen-bond donors (Lipinski definition) is 1. The lowest BCUT2D eigenvalue weighted by Gasteiger charge is -2.36. The molecule has 0 amide bonds. The summed E-state index contributed by atoms with van der Waals surface area (Å²) in [4.78, 5) is 16.6. The van der Waals surface area contributed by atoms with Gasteiger partial charge in [-0.3, -0.25) is 10.1 Å². The number of aromatic nitrogens is 3. The van der Waals surface area contributed by atoms with Gasteiger partial charge in [0.2, 0.25) is 0 Å². The largest absolute Gasteiger partial charge is 0.381 e. The molecule has 1 atom stereocenters. The highest BCUT2D eigenvalue weighted by Gasteiger charge is 2.41. The first-order valence-corrected chi connectivity index (χ1v) is 11.8. The van der Waals surface area contributed by atoms with Gasteiger partial charge in [0.25, 0.3) is 5.69 Å². The number of para-hydroxylation sites is 1. The van der Waals surface area contributed by atoms with E-state index in [2.05, 4.69) is 10.1 Å². The quantitative estimate of drug-likeness (QED) is 0.264. The van der Waals surface area contributed by atoms with Gasteiger partial charge in [0, 0.05) is 35.1 Å². The number of thiocarbonyl (C=S) groups is 1. The maximum Gasteiger partial charge on any atom is 0.273 e. The zero-order chi connectivity index (χ0) is 24.3. The number of halogens is 2. The zero-order valence-electron chi connectivity index (χ0n) is 17.9. The number of nitro groups is 1. The molecular formula is C22H21F2N5O3S2. The lowest BCUT2D eigenvalue weighted by molar-refractivity contribution is -0.385. The Morgan fingerprint density at radius 3 is 2.74 bits per heavy atom. The van der Waals surface area contributed by atoms with Crippen LogP contribution in [-0.4, -0.2) is 46.6 Å². The molecule has 1 heterocycles. The molecule has 2 aromatic carbocycles. The number of thioether (sulfide) groups is 1. The van der Waals surface area contributed by atoms with Crippen LogP contribution in [0.15, 0.2) is 55.1 Å².